The van der Waals surface area contributed by atoms with Crippen LogP contribution in [-0.2, 0) is 27.6 Å². The summed E-state index contributed by atoms with van der Waals surface area (Å²) in [6, 6.07) is 0. The minimum absolute atomic E-state index is 0. The first-order chi connectivity index (χ1) is 9.92. The van der Waals surface area contributed by atoms with Crippen LogP contribution in [0.3, 0.4) is 0 Å². The molecule has 3 fully saturated rings. The van der Waals surface area contributed by atoms with Gasteiger partial charge in [-0.3, -0.25) is 0 Å². The van der Waals surface area contributed by atoms with E-state index in [2.05, 4.69) is 0 Å². The van der Waals surface area contributed by atoms with E-state index < -0.39 is 53.5 Å². The number of hydrogen-bond acceptors (Lipinski definition) is 10. The van der Waals surface area contributed by atoms with E-state index in [0.717, 1.165) is 0 Å². The molecule has 2 bridgehead atoms. The minimum atomic E-state index is -3.93. The van der Waals surface area contributed by atoms with E-state index in [4.69, 9.17) is 8.44 Å². The van der Waals surface area contributed by atoms with E-state index in [1.807, 2.05) is 0 Å². The molecule has 0 aromatic carbocycles. The summed E-state index contributed by atoms with van der Waals surface area (Å²) in [7, 11) is 0. The second-order valence-electron chi connectivity index (χ2n) is 4.41. The molecule has 0 amide bonds. The molecule has 3 saturated heterocycles. The summed E-state index contributed by atoms with van der Waals surface area (Å²) in [4.78, 5) is 48.3. The van der Waals surface area contributed by atoms with Crippen molar-refractivity contribution < 1.29 is 32.7 Å². The standard InChI is InChI=1S/C10H16N2O8.Bi.H3N/c13-7(14)3-11(4-8(15)16)1-2-12(5-9(17)18)6-10(19)20;;/h1-6H2,(H,13,14)(H,15,16)(H,17,18)(H,19,20);;1H3/q;+3;/p-3. The van der Waals surface area contributed by atoms with Gasteiger partial charge >= 0.3 is 129 Å². The molecule has 0 unspecified atom stereocenters. The minimum Gasteiger partial charge on any atom is -0.369 e. The normalized spacial score (nSPS) is 21.7. The molecule has 4 N–H and O–H groups in total. The van der Waals surface area contributed by atoms with Crippen LogP contribution in [0.15, 0.2) is 0 Å². The molecule has 0 aliphatic carbocycles. The summed E-state index contributed by atoms with van der Waals surface area (Å²) >= 11 is -3.93. The Kier molecular flexibility index (Phi) is 7.07. The number of quaternary nitrogens is 1. The molecule has 0 spiro atoms. The average Bonchev–Trinajstić information content (AvgIpc) is 2.35. The van der Waals surface area contributed by atoms with Crippen LogP contribution in [0, 0.1) is 0 Å². The predicted molar refractivity (Wildman–Crippen MR) is 67.9 cm³/mol. The first-order valence-corrected chi connectivity index (χ1v) is 10.3. The Hall–Kier alpha value is -1.36. The van der Waals surface area contributed by atoms with E-state index in [9.17, 15) is 24.3 Å². The maximum atomic E-state index is 11.7. The molecule has 0 aromatic heterocycles. The van der Waals surface area contributed by atoms with Crippen LogP contribution in [0.2, 0.25) is 0 Å². The third-order valence-corrected chi connectivity index (χ3v) is 6.79. The molecule has 11 nitrogen and oxygen atoms in total. The number of aliphatic carboxylic acids is 1. The van der Waals surface area contributed by atoms with Crippen molar-refractivity contribution in [2.24, 2.45) is 0 Å². The van der Waals surface area contributed by atoms with Gasteiger partial charge in [0.15, 0.2) is 0 Å². The zero-order chi connectivity index (χ0) is 15.4. The summed E-state index contributed by atoms with van der Waals surface area (Å²) in [5.74, 6) is -3.37. The first kappa shape index (κ1) is 18.7. The van der Waals surface area contributed by atoms with Crippen molar-refractivity contribution >= 4 is 46.9 Å². The fourth-order valence-electron chi connectivity index (χ4n) is 1.83. The monoisotopic (exact) mass is 515 g/mol. The van der Waals surface area contributed by atoms with Crippen molar-refractivity contribution in [1.82, 2.24) is 16.0 Å². The fourth-order valence-corrected chi connectivity index (χ4v) is 4.88. The van der Waals surface area contributed by atoms with Gasteiger partial charge in [0.1, 0.15) is 0 Å². The predicted octanol–water partition coefficient (Wildman–Crippen LogP) is -3.64. The molecule has 124 valence electrons. The number of nitrogens with zero attached hydrogens (tertiary/aromatic N) is 2. The Balaban J connectivity index is 0.00000242. The largest absolute Gasteiger partial charge is 0.369 e. The third kappa shape index (κ3) is 5.80. The molecular weight excluding hydrogens is 499 g/mol. The number of hydrogen-bond donors (Lipinski definition) is 1. The molecule has 3 rings (SSSR count). The van der Waals surface area contributed by atoms with E-state index in [1.54, 1.807) is 0 Å². The number of rotatable bonds is 2. The third-order valence-electron chi connectivity index (χ3n) is 2.67. The van der Waals surface area contributed by atoms with Crippen LogP contribution in [0.5, 0.6) is 0 Å². The SMILES string of the molecule is O=C([O-])CN1CCN2CC(=O)[O][Bi]([O]C(=O)C1)[O]C(=O)C2.[NH4+]. The molecule has 3 aliphatic heterocycles. The Labute approximate surface area is 135 Å². The van der Waals surface area contributed by atoms with Crippen molar-refractivity contribution in [2.45, 2.75) is 0 Å². The van der Waals surface area contributed by atoms with Crippen LogP contribution < -0.4 is 11.3 Å². The van der Waals surface area contributed by atoms with Gasteiger partial charge in [0.2, 0.25) is 0 Å². The van der Waals surface area contributed by atoms with Gasteiger partial charge in [-0.15, -0.1) is 0 Å². The number of carbonyl (C=O) groups is 4. The number of fused-ring (bicyclic) bond motifs is 9. The second kappa shape index (κ2) is 8.32. The second-order valence-corrected chi connectivity index (χ2v) is 8.27. The van der Waals surface area contributed by atoms with Crippen LogP contribution in [0.4, 0.5) is 0 Å². The van der Waals surface area contributed by atoms with Gasteiger partial charge < -0.3 is 6.15 Å². The van der Waals surface area contributed by atoms with Gasteiger partial charge in [0.25, 0.3) is 0 Å². The summed E-state index contributed by atoms with van der Waals surface area (Å²) in [6.45, 7) is -0.683. The smallest absolute Gasteiger partial charge is 0.369 e. The Morgan fingerprint density at radius 3 is 2.00 bits per heavy atom. The van der Waals surface area contributed by atoms with E-state index in [0.29, 0.717) is 0 Å². The van der Waals surface area contributed by atoms with Crippen molar-refractivity contribution in [3.8, 4) is 0 Å². The molecule has 22 heavy (non-hydrogen) atoms. The topological polar surface area (TPSA) is 162 Å². The molecule has 12 heteroatoms. The molecule has 0 atom stereocenters. The van der Waals surface area contributed by atoms with E-state index in [-0.39, 0.29) is 38.9 Å². The average molecular weight is 515 g/mol. The molecule has 3 aliphatic rings. The van der Waals surface area contributed by atoms with Crippen LogP contribution in [-0.4, -0.2) is 96.0 Å². The summed E-state index contributed by atoms with van der Waals surface area (Å²) in [5, 5.41) is 10.7. The van der Waals surface area contributed by atoms with Gasteiger partial charge in [-0.05, 0) is 0 Å². The van der Waals surface area contributed by atoms with Gasteiger partial charge in [0.05, 0.1) is 0 Å². The van der Waals surface area contributed by atoms with Gasteiger partial charge in [-0.1, -0.05) is 0 Å². The molecule has 0 saturated carbocycles. The van der Waals surface area contributed by atoms with Crippen molar-refractivity contribution in [3.05, 3.63) is 0 Å². The van der Waals surface area contributed by atoms with E-state index >= 15 is 0 Å². The van der Waals surface area contributed by atoms with Crippen LogP contribution >= 0.6 is 0 Å². The Morgan fingerprint density at radius 2 is 1.50 bits per heavy atom. The summed E-state index contributed by atoms with van der Waals surface area (Å²) < 4.78 is 14.7. The number of carboxylic acids is 1. The van der Waals surface area contributed by atoms with Crippen molar-refractivity contribution in [2.75, 3.05) is 39.3 Å². The van der Waals surface area contributed by atoms with Crippen molar-refractivity contribution in [1.29, 1.82) is 0 Å². The first-order valence-electron chi connectivity index (χ1n) is 5.99. The molecular formula is C10H16BiN3O8. The number of carboxylic acid groups (broad SMARTS) is 1. The Bertz CT molecular complexity index is 453. The maximum absolute atomic E-state index is 11.7. The quantitative estimate of drug-likeness (QED) is 0.363. The zero-order valence-electron chi connectivity index (χ0n) is 11.9. The fraction of sp³-hybridized carbons (Fsp3) is 0.600. The van der Waals surface area contributed by atoms with Gasteiger partial charge in [-0.25, -0.2) is 0 Å². The van der Waals surface area contributed by atoms with E-state index in [1.165, 1.54) is 9.80 Å². The zero-order valence-corrected chi connectivity index (χ0v) is 15.3. The Morgan fingerprint density at radius 1 is 1.00 bits per heavy atom. The summed E-state index contributed by atoms with van der Waals surface area (Å²) in [6.07, 6.45) is 0. The summed E-state index contributed by atoms with van der Waals surface area (Å²) in [5.41, 5.74) is 0. The maximum Gasteiger partial charge on any atom is -0.369 e. The van der Waals surface area contributed by atoms with Crippen LogP contribution in [0.25, 0.3) is 0 Å². The van der Waals surface area contributed by atoms with Gasteiger partial charge in [-0.2, -0.15) is 0 Å². The molecule has 0 radical (unpaired) electrons. The van der Waals surface area contributed by atoms with Crippen molar-refractivity contribution in [3.63, 3.8) is 0 Å². The number of carbonyl (C=O) groups excluding carboxylic acids is 4. The molecule has 3 heterocycles. The van der Waals surface area contributed by atoms with Gasteiger partial charge in [0, 0.05) is 0 Å². The molecule has 0 aromatic rings. The van der Waals surface area contributed by atoms with Crippen LogP contribution in [0.1, 0.15) is 0 Å².